The van der Waals surface area contributed by atoms with Crippen molar-refractivity contribution in [3.63, 3.8) is 0 Å². The Morgan fingerprint density at radius 1 is 0.400 bits per heavy atom. The number of esters is 3. The summed E-state index contributed by atoms with van der Waals surface area (Å²) in [6.07, 6.45) is 47.8. The first-order valence-corrected chi connectivity index (χ1v) is 23.8. The second-order valence-electron chi connectivity index (χ2n) is 16.1. The molecule has 0 aromatic carbocycles. The zero-order chi connectivity index (χ0) is 40.1. The van der Waals surface area contributed by atoms with Gasteiger partial charge >= 0.3 is 17.9 Å². The fourth-order valence-corrected chi connectivity index (χ4v) is 6.95. The molecule has 0 saturated carbocycles. The van der Waals surface area contributed by atoms with Gasteiger partial charge in [0, 0.05) is 19.3 Å². The third-order valence-corrected chi connectivity index (χ3v) is 10.6. The number of carbonyl (C=O) groups excluding carboxylic acids is 3. The van der Waals surface area contributed by atoms with Crippen molar-refractivity contribution in [2.24, 2.45) is 0 Å². The van der Waals surface area contributed by atoms with Crippen molar-refractivity contribution >= 4 is 17.9 Å². The normalized spacial score (nSPS) is 11.9. The largest absolute Gasteiger partial charge is 0.462 e. The number of carbonyl (C=O) groups is 3. The van der Waals surface area contributed by atoms with Gasteiger partial charge in [0.15, 0.2) is 6.10 Å². The third kappa shape index (κ3) is 42.9. The number of unbranched alkanes of at least 4 members (excludes halogenated alkanes) is 30. The van der Waals surface area contributed by atoms with Gasteiger partial charge in [-0.1, -0.05) is 193 Å². The van der Waals surface area contributed by atoms with E-state index in [1.54, 1.807) is 0 Å². The Balaban J connectivity index is 4.26. The van der Waals surface area contributed by atoms with Crippen LogP contribution in [0.4, 0.5) is 0 Å². The number of rotatable bonds is 44. The van der Waals surface area contributed by atoms with Crippen molar-refractivity contribution in [1.82, 2.24) is 0 Å². The molecule has 0 aliphatic carbocycles. The van der Waals surface area contributed by atoms with Crippen molar-refractivity contribution in [2.45, 2.75) is 258 Å². The lowest BCUT2D eigenvalue weighted by Crippen LogP contribution is -2.30. The Bertz CT molecular complexity index is 883. The molecule has 0 fully saturated rings. The number of hydrogen-bond donors (Lipinski definition) is 0. The molecule has 0 amide bonds. The number of allylic oxidation sites excluding steroid dienone is 3. The van der Waals surface area contributed by atoms with Crippen LogP contribution in [0.15, 0.2) is 24.8 Å². The van der Waals surface area contributed by atoms with Gasteiger partial charge in [-0.15, -0.1) is 6.58 Å². The Kier molecular flexibility index (Phi) is 42.9. The predicted molar refractivity (Wildman–Crippen MR) is 233 cm³/mol. The zero-order valence-corrected chi connectivity index (χ0v) is 36.5. The van der Waals surface area contributed by atoms with Crippen LogP contribution in [0, 0.1) is 0 Å². The summed E-state index contributed by atoms with van der Waals surface area (Å²) in [6.45, 7) is 8.13. The van der Waals surface area contributed by atoms with Crippen molar-refractivity contribution in [1.29, 1.82) is 0 Å². The summed E-state index contributed by atoms with van der Waals surface area (Å²) in [4.78, 5) is 37.6. The zero-order valence-electron chi connectivity index (χ0n) is 36.5. The Labute approximate surface area is 341 Å². The van der Waals surface area contributed by atoms with E-state index in [9.17, 15) is 14.4 Å². The predicted octanol–water partition coefficient (Wildman–Crippen LogP) is 15.2. The fraction of sp³-hybridized carbons (Fsp3) is 0.857. The highest BCUT2D eigenvalue weighted by Crippen LogP contribution is 2.15. The van der Waals surface area contributed by atoms with Gasteiger partial charge in [0.1, 0.15) is 13.2 Å². The molecule has 1 atom stereocenters. The van der Waals surface area contributed by atoms with E-state index in [1.165, 1.54) is 135 Å². The van der Waals surface area contributed by atoms with Crippen LogP contribution in [-0.4, -0.2) is 37.2 Å². The minimum Gasteiger partial charge on any atom is -0.462 e. The summed E-state index contributed by atoms with van der Waals surface area (Å²) in [7, 11) is 0. The van der Waals surface area contributed by atoms with Gasteiger partial charge in [0.2, 0.25) is 0 Å². The van der Waals surface area contributed by atoms with Crippen molar-refractivity contribution in [3.05, 3.63) is 24.8 Å². The maximum absolute atomic E-state index is 12.7. The number of ether oxygens (including phenoxy) is 3. The van der Waals surface area contributed by atoms with E-state index < -0.39 is 6.10 Å². The van der Waals surface area contributed by atoms with Crippen LogP contribution < -0.4 is 0 Å². The molecule has 322 valence electrons. The van der Waals surface area contributed by atoms with Crippen LogP contribution in [0.1, 0.15) is 251 Å². The van der Waals surface area contributed by atoms with Crippen LogP contribution in [0.5, 0.6) is 0 Å². The lowest BCUT2D eigenvalue weighted by molar-refractivity contribution is -0.167. The standard InChI is InChI=1S/C49H90O6/c1-4-7-10-13-16-18-20-22-24-26-28-30-33-36-39-42-48(51)54-45-46(44-53-47(50)41-38-35-32-15-12-9-6-3)55-49(52)43-40-37-34-31-29-27-25-23-21-19-17-14-11-8-5-2/h6,23,25,46H,3-5,7-22,24,26-45H2,1-2H3/b25-23+. The first kappa shape index (κ1) is 52.9. The van der Waals surface area contributed by atoms with E-state index in [0.29, 0.717) is 19.3 Å². The van der Waals surface area contributed by atoms with Crippen molar-refractivity contribution in [3.8, 4) is 0 Å². The summed E-state index contributed by atoms with van der Waals surface area (Å²) in [5.74, 6) is -0.902. The van der Waals surface area contributed by atoms with Gasteiger partial charge in [-0.2, -0.15) is 0 Å². The molecule has 0 aromatic rings. The number of hydrogen-bond acceptors (Lipinski definition) is 6. The lowest BCUT2D eigenvalue weighted by atomic mass is 10.0. The molecule has 0 radical (unpaired) electrons. The van der Waals surface area contributed by atoms with E-state index in [0.717, 1.165) is 83.5 Å². The van der Waals surface area contributed by atoms with E-state index in [-0.39, 0.29) is 31.1 Å². The monoisotopic (exact) mass is 775 g/mol. The van der Waals surface area contributed by atoms with Gasteiger partial charge in [0.05, 0.1) is 0 Å². The van der Waals surface area contributed by atoms with Crippen LogP contribution >= 0.6 is 0 Å². The summed E-state index contributed by atoms with van der Waals surface area (Å²) in [5.41, 5.74) is 0. The molecule has 0 rings (SSSR count). The average molecular weight is 775 g/mol. The van der Waals surface area contributed by atoms with Gasteiger partial charge < -0.3 is 14.2 Å². The molecule has 0 saturated heterocycles. The van der Waals surface area contributed by atoms with Crippen LogP contribution in [0.2, 0.25) is 0 Å². The molecule has 55 heavy (non-hydrogen) atoms. The molecule has 0 heterocycles. The van der Waals surface area contributed by atoms with E-state index >= 15 is 0 Å². The lowest BCUT2D eigenvalue weighted by Gasteiger charge is -2.18. The SMILES string of the molecule is C=CCCCCCCCC(=O)OCC(COC(=O)CCCCCCCCCCCCCCCCC)OC(=O)CCCCCCC/C=C/CCCCCCCC. The summed E-state index contributed by atoms with van der Waals surface area (Å²) >= 11 is 0. The second-order valence-corrected chi connectivity index (χ2v) is 16.1. The molecular formula is C49H90O6. The summed E-state index contributed by atoms with van der Waals surface area (Å²) in [6, 6.07) is 0. The topological polar surface area (TPSA) is 78.9 Å². The van der Waals surface area contributed by atoms with Gasteiger partial charge in [-0.05, 0) is 57.8 Å². The highest BCUT2D eigenvalue weighted by atomic mass is 16.6. The smallest absolute Gasteiger partial charge is 0.306 e. The highest BCUT2D eigenvalue weighted by molar-refractivity contribution is 5.71. The molecule has 0 aliphatic heterocycles. The van der Waals surface area contributed by atoms with Gasteiger partial charge in [-0.3, -0.25) is 14.4 Å². The van der Waals surface area contributed by atoms with E-state index in [1.807, 2.05) is 6.08 Å². The molecule has 0 aromatic heterocycles. The van der Waals surface area contributed by atoms with Crippen LogP contribution in [-0.2, 0) is 28.6 Å². The van der Waals surface area contributed by atoms with E-state index in [2.05, 4.69) is 32.6 Å². The Morgan fingerprint density at radius 3 is 1.04 bits per heavy atom. The first-order chi connectivity index (χ1) is 27.0. The van der Waals surface area contributed by atoms with Gasteiger partial charge in [-0.25, -0.2) is 0 Å². The molecule has 0 aliphatic rings. The molecular weight excluding hydrogens is 685 g/mol. The quantitative estimate of drug-likeness (QED) is 0.0265. The molecule has 0 bridgehead atoms. The maximum Gasteiger partial charge on any atom is 0.306 e. The van der Waals surface area contributed by atoms with E-state index in [4.69, 9.17) is 14.2 Å². The van der Waals surface area contributed by atoms with Crippen LogP contribution in [0.3, 0.4) is 0 Å². The van der Waals surface area contributed by atoms with Crippen LogP contribution in [0.25, 0.3) is 0 Å². The Hall–Kier alpha value is -2.11. The first-order valence-electron chi connectivity index (χ1n) is 23.8. The fourth-order valence-electron chi connectivity index (χ4n) is 6.95. The minimum absolute atomic E-state index is 0.0771. The summed E-state index contributed by atoms with van der Waals surface area (Å²) in [5, 5.41) is 0. The molecule has 0 N–H and O–H groups in total. The van der Waals surface area contributed by atoms with Crippen molar-refractivity contribution < 1.29 is 28.6 Å². The summed E-state index contributed by atoms with van der Waals surface area (Å²) < 4.78 is 16.7. The van der Waals surface area contributed by atoms with Crippen molar-refractivity contribution in [2.75, 3.05) is 13.2 Å². The third-order valence-electron chi connectivity index (χ3n) is 10.6. The molecule has 1 unspecified atom stereocenters. The molecule has 6 heteroatoms. The maximum atomic E-state index is 12.7. The van der Waals surface area contributed by atoms with Gasteiger partial charge in [0.25, 0.3) is 0 Å². The highest BCUT2D eigenvalue weighted by Gasteiger charge is 2.19. The molecule has 0 spiro atoms. The minimum atomic E-state index is -0.775. The Morgan fingerprint density at radius 2 is 0.691 bits per heavy atom. The second kappa shape index (κ2) is 44.6. The average Bonchev–Trinajstić information content (AvgIpc) is 3.18. The molecule has 6 nitrogen and oxygen atoms in total.